The van der Waals surface area contributed by atoms with Gasteiger partial charge in [-0.2, -0.15) is 0 Å². The third kappa shape index (κ3) is 2.63. The lowest BCUT2D eigenvalue weighted by Crippen LogP contribution is -3.00. The third-order valence-corrected chi connectivity index (χ3v) is 3.73. The van der Waals surface area contributed by atoms with Crippen LogP contribution in [0.15, 0.2) is 30.5 Å². The van der Waals surface area contributed by atoms with Gasteiger partial charge in [0.1, 0.15) is 12.7 Å². The smallest absolute Gasteiger partial charge is 0.257 e. The van der Waals surface area contributed by atoms with Crippen LogP contribution >= 0.6 is 0 Å². The Labute approximate surface area is 125 Å². The number of aryl methyl sites for hydroxylation is 1. The average molecular weight is 291 g/mol. The summed E-state index contributed by atoms with van der Waals surface area (Å²) in [6, 6.07) is 8.60. The summed E-state index contributed by atoms with van der Waals surface area (Å²) in [6.45, 7) is 5.30. The number of Topliss-reactive ketones (excluding diaryl/α,β-unsaturated/α-hetero) is 1. The number of aromatic nitrogens is 2. The first kappa shape index (κ1) is 14.8. The monoisotopic (exact) mass is 290 g/mol. The number of carbonyl (C=O) groups is 1. The fourth-order valence-electron chi connectivity index (χ4n) is 2.84. The van der Waals surface area contributed by atoms with Gasteiger partial charge in [-0.1, -0.05) is 29.8 Å². The van der Waals surface area contributed by atoms with Gasteiger partial charge in [0.2, 0.25) is 0 Å². The van der Waals surface area contributed by atoms with Crippen molar-refractivity contribution in [3.63, 3.8) is 0 Å². The Balaban J connectivity index is 0.00000147. The third-order valence-electron chi connectivity index (χ3n) is 3.73. The molecule has 4 heteroatoms. The molecule has 0 fully saturated rings. The van der Waals surface area contributed by atoms with Gasteiger partial charge in [0, 0.05) is 5.56 Å². The molecule has 0 atom stereocenters. The van der Waals surface area contributed by atoms with E-state index < -0.39 is 0 Å². The topological polar surface area (TPSA) is 25.9 Å². The highest BCUT2D eigenvalue weighted by molar-refractivity contribution is 5.74. The molecule has 0 saturated heterocycles. The highest BCUT2D eigenvalue weighted by Gasteiger charge is 2.28. The molecule has 1 aliphatic rings. The lowest BCUT2D eigenvalue weighted by atomic mass is 10.1. The Morgan fingerprint density at radius 1 is 1.30 bits per heavy atom. The van der Waals surface area contributed by atoms with Gasteiger partial charge >= 0.3 is 0 Å². The number of halogens is 1. The van der Waals surface area contributed by atoms with Crippen molar-refractivity contribution in [3.05, 3.63) is 41.9 Å². The molecule has 1 aromatic carbocycles. The van der Waals surface area contributed by atoms with Crippen molar-refractivity contribution in [2.24, 2.45) is 0 Å². The first-order valence-corrected chi connectivity index (χ1v) is 6.83. The summed E-state index contributed by atoms with van der Waals surface area (Å²) in [5.41, 5.74) is 3.73. The van der Waals surface area contributed by atoms with Gasteiger partial charge in [-0.05, 0) is 20.3 Å². The maximum Gasteiger partial charge on any atom is 0.257 e. The molecule has 2 heterocycles. The van der Waals surface area contributed by atoms with E-state index in [4.69, 9.17) is 0 Å². The van der Waals surface area contributed by atoms with Crippen molar-refractivity contribution in [1.82, 2.24) is 4.57 Å². The fraction of sp³-hybridized carbons (Fsp3) is 0.375. The van der Waals surface area contributed by atoms with E-state index in [1.165, 1.54) is 29.1 Å². The number of rotatable bonds is 3. The van der Waals surface area contributed by atoms with E-state index in [-0.39, 0.29) is 18.2 Å². The number of ketones is 1. The molecule has 3 nitrogen and oxygen atoms in total. The second-order valence-corrected chi connectivity index (χ2v) is 5.38. The molecule has 0 unspecified atom stereocenters. The number of hydrogen-bond acceptors (Lipinski definition) is 1. The number of fused-ring (bicyclic) bond motifs is 1. The fourth-order valence-corrected chi connectivity index (χ4v) is 2.84. The summed E-state index contributed by atoms with van der Waals surface area (Å²) in [5.74, 6) is 1.49. The minimum absolute atomic E-state index is 0. The second-order valence-electron chi connectivity index (χ2n) is 5.38. The van der Waals surface area contributed by atoms with E-state index in [0.29, 0.717) is 6.54 Å². The van der Waals surface area contributed by atoms with E-state index >= 15 is 0 Å². The summed E-state index contributed by atoms with van der Waals surface area (Å²) in [6.07, 6.45) is 4.37. The molecule has 3 rings (SSSR count). The largest absolute Gasteiger partial charge is 1.00 e. The zero-order valence-electron chi connectivity index (χ0n) is 11.9. The predicted molar refractivity (Wildman–Crippen MR) is 73.8 cm³/mol. The highest BCUT2D eigenvalue weighted by atomic mass is 35.5. The first-order valence-electron chi connectivity index (χ1n) is 6.83. The molecule has 0 radical (unpaired) electrons. The Morgan fingerprint density at radius 3 is 2.65 bits per heavy atom. The lowest BCUT2D eigenvalue weighted by molar-refractivity contribution is -0.690. The van der Waals surface area contributed by atoms with Crippen LogP contribution in [0.5, 0.6) is 0 Å². The maximum atomic E-state index is 11.4. The minimum atomic E-state index is 0. The van der Waals surface area contributed by atoms with E-state index in [0.717, 1.165) is 13.0 Å². The molecular weight excluding hydrogens is 272 g/mol. The number of carbonyl (C=O) groups excluding carboxylic acids is 1. The second kappa shape index (κ2) is 5.80. The minimum Gasteiger partial charge on any atom is -1.00 e. The van der Waals surface area contributed by atoms with Crippen molar-refractivity contribution in [3.8, 4) is 11.3 Å². The van der Waals surface area contributed by atoms with E-state index in [1.807, 2.05) is 0 Å². The summed E-state index contributed by atoms with van der Waals surface area (Å²) in [7, 11) is 0. The van der Waals surface area contributed by atoms with Gasteiger partial charge in [0.25, 0.3) is 5.82 Å². The molecule has 106 valence electrons. The van der Waals surface area contributed by atoms with E-state index in [2.05, 4.69) is 46.5 Å². The normalized spacial score (nSPS) is 12.9. The summed E-state index contributed by atoms with van der Waals surface area (Å²) < 4.78 is 4.47. The van der Waals surface area contributed by atoms with Crippen molar-refractivity contribution in [1.29, 1.82) is 0 Å². The summed E-state index contributed by atoms with van der Waals surface area (Å²) >= 11 is 0. The van der Waals surface area contributed by atoms with Crippen LogP contribution in [-0.4, -0.2) is 10.4 Å². The van der Waals surface area contributed by atoms with Gasteiger partial charge in [-0.25, -0.2) is 9.13 Å². The van der Waals surface area contributed by atoms with Gasteiger partial charge < -0.3 is 12.4 Å². The van der Waals surface area contributed by atoms with Gasteiger partial charge in [0.05, 0.1) is 13.0 Å². The zero-order chi connectivity index (χ0) is 13.4. The Hall–Kier alpha value is -1.61. The van der Waals surface area contributed by atoms with Gasteiger partial charge in [-0.15, -0.1) is 0 Å². The van der Waals surface area contributed by atoms with Crippen molar-refractivity contribution in [2.75, 3.05) is 0 Å². The Morgan fingerprint density at radius 2 is 2.00 bits per heavy atom. The SMILES string of the molecule is CC(=O)C[n+]1cc(-c2ccc(C)cc2)n2c1CCC2.[Cl-]. The molecule has 1 aromatic heterocycles. The van der Waals surface area contributed by atoms with Crippen LogP contribution < -0.4 is 17.0 Å². The molecule has 0 aliphatic carbocycles. The number of nitrogens with zero attached hydrogens (tertiary/aromatic N) is 2. The van der Waals surface area contributed by atoms with Gasteiger partial charge in [-0.3, -0.25) is 4.79 Å². The molecule has 20 heavy (non-hydrogen) atoms. The van der Waals surface area contributed by atoms with Crippen LogP contribution in [0.1, 0.15) is 24.7 Å². The first-order chi connectivity index (χ1) is 9.15. The van der Waals surface area contributed by atoms with Crippen LogP contribution in [0.4, 0.5) is 0 Å². The quantitative estimate of drug-likeness (QED) is 0.686. The number of benzene rings is 1. The summed E-state index contributed by atoms with van der Waals surface area (Å²) in [5, 5.41) is 0. The van der Waals surface area contributed by atoms with Crippen molar-refractivity contribution in [2.45, 2.75) is 39.8 Å². The Kier molecular flexibility index (Phi) is 4.29. The standard InChI is InChI=1S/C16H19N2O.ClH/c1-12-5-7-14(8-6-12)15-11-17(10-13(2)19)16-4-3-9-18(15)16;/h5-8,11H,3-4,9-10H2,1-2H3;1H/q+1;/p-1. The highest BCUT2D eigenvalue weighted by Crippen LogP contribution is 2.24. The van der Waals surface area contributed by atoms with Crippen LogP contribution in [0, 0.1) is 6.92 Å². The van der Waals surface area contributed by atoms with E-state index in [9.17, 15) is 4.79 Å². The zero-order valence-corrected chi connectivity index (χ0v) is 12.7. The molecule has 0 amide bonds. The molecule has 1 aliphatic heterocycles. The molecule has 0 N–H and O–H groups in total. The maximum absolute atomic E-state index is 11.4. The van der Waals surface area contributed by atoms with E-state index in [1.54, 1.807) is 6.92 Å². The molecular formula is C16H19ClN2O. The van der Waals surface area contributed by atoms with Gasteiger partial charge in [0.15, 0.2) is 11.5 Å². The molecule has 2 aromatic rings. The lowest BCUT2D eigenvalue weighted by Gasteiger charge is -1.99. The van der Waals surface area contributed by atoms with Crippen LogP contribution in [-0.2, 0) is 24.3 Å². The van der Waals surface area contributed by atoms with Crippen LogP contribution in [0.25, 0.3) is 11.3 Å². The van der Waals surface area contributed by atoms with Crippen molar-refractivity contribution < 1.29 is 21.8 Å². The number of imidazole rings is 1. The van der Waals surface area contributed by atoms with Crippen molar-refractivity contribution >= 4 is 5.78 Å². The van der Waals surface area contributed by atoms with Crippen LogP contribution in [0.3, 0.4) is 0 Å². The average Bonchev–Trinajstić information content (AvgIpc) is 2.94. The summed E-state index contributed by atoms with van der Waals surface area (Å²) in [4.78, 5) is 11.4. The molecule has 0 spiro atoms. The molecule has 0 bridgehead atoms. The predicted octanol–water partition coefficient (Wildman–Crippen LogP) is -0.710. The Bertz CT molecular complexity index is 629. The van der Waals surface area contributed by atoms with Crippen LogP contribution in [0.2, 0.25) is 0 Å². The number of hydrogen-bond donors (Lipinski definition) is 0. The molecule has 0 saturated carbocycles.